The van der Waals surface area contributed by atoms with Gasteiger partial charge >= 0.3 is 12.3 Å². The highest BCUT2D eigenvalue weighted by atomic mass is 19.4. The maximum Gasteiger partial charge on any atom is 0.434 e. The second kappa shape index (κ2) is 5.61. The zero-order valence-corrected chi connectivity index (χ0v) is 9.29. The predicted molar refractivity (Wildman–Crippen MR) is 56.0 cm³/mol. The Morgan fingerprint density at radius 1 is 1.28 bits per heavy atom. The number of benzene rings is 1. The number of ether oxygens (including phenoxy) is 1. The van der Waals surface area contributed by atoms with Crippen LogP contribution in [0.5, 0.6) is 0 Å². The van der Waals surface area contributed by atoms with Crippen LogP contribution < -0.4 is 0 Å². The molecule has 0 N–H and O–H groups in total. The van der Waals surface area contributed by atoms with Gasteiger partial charge in [0, 0.05) is 5.56 Å². The third kappa shape index (κ3) is 3.83. The minimum Gasteiger partial charge on any atom is -0.448 e. The fourth-order valence-electron chi connectivity index (χ4n) is 1.15. The third-order valence-corrected chi connectivity index (χ3v) is 1.86. The monoisotopic (exact) mass is 263 g/mol. The summed E-state index contributed by atoms with van der Waals surface area (Å²) < 4.78 is 55.0. The van der Waals surface area contributed by atoms with E-state index in [1.54, 1.807) is 0 Å². The molecule has 0 radical (unpaired) electrons. The standard InChI is InChI=1S/C11H9F4NO2/c1-2-18-10(17)16-9(11(13,14)15)7-3-5-8(12)6-4-7/h3-6H,2H2,1H3. The summed E-state index contributed by atoms with van der Waals surface area (Å²) in [6.45, 7) is 1.36. The first-order valence-corrected chi connectivity index (χ1v) is 4.93. The summed E-state index contributed by atoms with van der Waals surface area (Å²) in [5, 5.41) is 0. The van der Waals surface area contributed by atoms with Gasteiger partial charge in [-0.15, -0.1) is 0 Å². The third-order valence-electron chi connectivity index (χ3n) is 1.86. The summed E-state index contributed by atoms with van der Waals surface area (Å²) >= 11 is 0. The minimum atomic E-state index is -4.83. The molecule has 0 aliphatic carbocycles. The van der Waals surface area contributed by atoms with Gasteiger partial charge in [-0.2, -0.15) is 18.2 Å². The van der Waals surface area contributed by atoms with Gasteiger partial charge in [0.25, 0.3) is 0 Å². The van der Waals surface area contributed by atoms with Gasteiger partial charge in [-0.3, -0.25) is 0 Å². The fourth-order valence-corrected chi connectivity index (χ4v) is 1.15. The molecule has 18 heavy (non-hydrogen) atoms. The van der Waals surface area contributed by atoms with Crippen LogP contribution in [0.1, 0.15) is 12.5 Å². The van der Waals surface area contributed by atoms with Crippen LogP contribution >= 0.6 is 0 Å². The van der Waals surface area contributed by atoms with Gasteiger partial charge < -0.3 is 4.74 Å². The average molecular weight is 263 g/mol. The van der Waals surface area contributed by atoms with E-state index < -0.39 is 29.4 Å². The van der Waals surface area contributed by atoms with Crippen molar-refractivity contribution in [1.29, 1.82) is 0 Å². The normalized spacial score (nSPS) is 12.4. The molecule has 0 unspecified atom stereocenters. The van der Waals surface area contributed by atoms with Gasteiger partial charge in [0.1, 0.15) is 5.82 Å². The fraction of sp³-hybridized carbons (Fsp3) is 0.273. The number of rotatable bonds is 2. The van der Waals surface area contributed by atoms with Crippen molar-refractivity contribution < 1.29 is 27.1 Å². The highest BCUT2D eigenvalue weighted by Gasteiger charge is 2.37. The van der Waals surface area contributed by atoms with Crippen LogP contribution in [-0.4, -0.2) is 24.6 Å². The van der Waals surface area contributed by atoms with Gasteiger partial charge in [-0.25, -0.2) is 9.18 Å². The lowest BCUT2D eigenvalue weighted by atomic mass is 10.1. The Bertz CT molecular complexity index is 451. The Labute approximate surface area is 100 Å². The molecule has 0 bridgehead atoms. The Balaban J connectivity index is 3.14. The summed E-state index contributed by atoms with van der Waals surface area (Å²) in [6.07, 6.45) is -6.17. The SMILES string of the molecule is CCOC(=O)N=C(c1ccc(F)cc1)C(F)(F)F. The zero-order valence-electron chi connectivity index (χ0n) is 9.29. The Hall–Kier alpha value is -1.92. The van der Waals surface area contributed by atoms with Crippen LogP contribution in [0.3, 0.4) is 0 Å². The van der Waals surface area contributed by atoms with Crippen LogP contribution in [0, 0.1) is 5.82 Å². The van der Waals surface area contributed by atoms with E-state index in [2.05, 4.69) is 9.73 Å². The number of aliphatic imine (C=N–C) groups is 1. The number of carbonyl (C=O) groups excluding carboxylic acids is 1. The van der Waals surface area contributed by atoms with Gasteiger partial charge in [-0.1, -0.05) is 0 Å². The number of hydrogen-bond donors (Lipinski definition) is 0. The Kier molecular flexibility index (Phi) is 4.41. The van der Waals surface area contributed by atoms with Crippen LogP contribution in [0.25, 0.3) is 0 Å². The molecule has 0 saturated carbocycles. The van der Waals surface area contributed by atoms with Gasteiger partial charge in [-0.05, 0) is 31.2 Å². The highest BCUT2D eigenvalue weighted by molar-refractivity contribution is 6.08. The van der Waals surface area contributed by atoms with Crippen LogP contribution in [0.2, 0.25) is 0 Å². The summed E-state index contributed by atoms with van der Waals surface area (Å²) in [6, 6.07) is 3.48. The van der Waals surface area contributed by atoms with Crippen LogP contribution in [-0.2, 0) is 4.74 Å². The molecule has 0 saturated heterocycles. The van der Waals surface area contributed by atoms with Crippen molar-refractivity contribution in [2.24, 2.45) is 4.99 Å². The van der Waals surface area contributed by atoms with Crippen molar-refractivity contribution in [2.75, 3.05) is 6.61 Å². The second-order valence-electron chi connectivity index (χ2n) is 3.16. The number of carbonyl (C=O) groups is 1. The molecule has 0 heterocycles. The molecule has 0 aliphatic rings. The first-order chi connectivity index (χ1) is 8.34. The van der Waals surface area contributed by atoms with E-state index in [-0.39, 0.29) is 6.61 Å². The topological polar surface area (TPSA) is 38.7 Å². The lowest BCUT2D eigenvalue weighted by Crippen LogP contribution is -2.25. The molecule has 0 spiro atoms. The minimum absolute atomic E-state index is 0.0864. The highest BCUT2D eigenvalue weighted by Crippen LogP contribution is 2.23. The second-order valence-corrected chi connectivity index (χ2v) is 3.16. The first-order valence-electron chi connectivity index (χ1n) is 4.93. The molecule has 1 rings (SSSR count). The maximum absolute atomic E-state index is 12.7. The molecule has 3 nitrogen and oxygen atoms in total. The van der Waals surface area contributed by atoms with E-state index in [4.69, 9.17) is 0 Å². The van der Waals surface area contributed by atoms with E-state index in [0.717, 1.165) is 24.3 Å². The zero-order chi connectivity index (χ0) is 13.8. The van der Waals surface area contributed by atoms with Crippen LogP contribution in [0.15, 0.2) is 29.3 Å². The van der Waals surface area contributed by atoms with Gasteiger partial charge in [0.15, 0.2) is 5.71 Å². The van der Waals surface area contributed by atoms with Crippen molar-refractivity contribution in [2.45, 2.75) is 13.1 Å². The number of amides is 1. The lowest BCUT2D eigenvalue weighted by Gasteiger charge is -2.10. The molecule has 1 aromatic carbocycles. The number of halogens is 4. The molecule has 1 aromatic rings. The quantitative estimate of drug-likeness (QED) is 0.606. The molecule has 0 atom stereocenters. The summed E-state index contributed by atoms with van der Waals surface area (Å²) in [7, 11) is 0. The van der Waals surface area contributed by atoms with Crippen molar-refractivity contribution in [3.63, 3.8) is 0 Å². The summed E-state index contributed by atoms with van der Waals surface area (Å²) in [4.78, 5) is 13.8. The Morgan fingerprint density at radius 2 is 1.83 bits per heavy atom. The van der Waals surface area contributed by atoms with Crippen molar-refractivity contribution in [3.05, 3.63) is 35.6 Å². The largest absolute Gasteiger partial charge is 0.448 e. The molecule has 7 heteroatoms. The van der Waals surface area contributed by atoms with Gasteiger partial charge in [0.05, 0.1) is 6.61 Å². The smallest absolute Gasteiger partial charge is 0.434 e. The molecule has 0 aromatic heterocycles. The predicted octanol–water partition coefficient (Wildman–Crippen LogP) is 3.33. The van der Waals surface area contributed by atoms with E-state index >= 15 is 0 Å². The maximum atomic E-state index is 12.7. The molecule has 1 amide bonds. The lowest BCUT2D eigenvalue weighted by molar-refractivity contribution is -0.0582. The molecule has 0 fully saturated rings. The molecule has 0 aliphatic heterocycles. The number of hydrogen-bond acceptors (Lipinski definition) is 2. The van der Waals surface area contributed by atoms with E-state index in [1.807, 2.05) is 0 Å². The van der Waals surface area contributed by atoms with E-state index in [1.165, 1.54) is 6.92 Å². The molecular formula is C11H9F4NO2. The number of alkyl halides is 3. The summed E-state index contributed by atoms with van der Waals surface area (Å²) in [5.74, 6) is -0.684. The van der Waals surface area contributed by atoms with Crippen LogP contribution in [0.4, 0.5) is 22.4 Å². The van der Waals surface area contributed by atoms with Gasteiger partial charge in [0.2, 0.25) is 0 Å². The van der Waals surface area contributed by atoms with E-state index in [0.29, 0.717) is 0 Å². The van der Waals surface area contributed by atoms with Crippen molar-refractivity contribution >= 4 is 11.8 Å². The van der Waals surface area contributed by atoms with Crippen molar-refractivity contribution in [1.82, 2.24) is 0 Å². The average Bonchev–Trinajstić information content (AvgIpc) is 2.26. The molecule has 98 valence electrons. The van der Waals surface area contributed by atoms with E-state index in [9.17, 15) is 22.4 Å². The summed E-state index contributed by atoms with van der Waals surface area (Å²) in [5.41, 5.74) is -1.82. The first kappa shape index (κ1) is 14.1. The van der Waals surface area contributed by atoms with Crippen molar-refractivity contribution in [3.8, 4) is 0 Å². The number of nitrogens with zero attached hydrogens (tertiary/aromatic N) is 1. The molecular weight excluding hydrogens is 254 g/mol. The Morgan fingerprint density at radius 3 is 2.28 bits per heavy atom.